The van der Waals surface area contributed by atoms with Gasteiger partial charge in [-0.15, -0.1) is 0 Å². The number of rotatable bonds is 7. The van der Waals surface area contributed by atoms with Gasteiger partial charge in [0.05, 0.1) is 36.7 Å². The number of H-pyrrole nitrogens is 1. The van der Waals surface area contributed by atoms with Crippen molar-refractivity contribution in [3.63, 3.8) is 0 Å². The van der Waals surface area contributed by atoms with E-state index >= 15 is 0 Å². The Hall–Kier alpha value is -3.77. The number of benzene rings is 3. The number of aliphatic imine (C=N–C) groups is 1. The molecule has 2 heterocycles. The Morgan fingerprint density at radius 3 is 2.24 bits per heavy atom. The molecule has 2 unspecified atom stereocenters. The Morgan fingerprint density at radius 2 is 1.59 bits per heavy atom. The molecule has 1 aliphatic rings. The van der Waals surface area contributed by atoms with Gasteiger partial charge in [0.1, 0.15) is 0 Å². The third-order valence-corrected chi connectivity index (χ3v) is 7.49. The quantitative estimate of drug-likeness (QED) is 0.275. The lowest BCUT2D eigenvalue weighted by atomic mass is 9.96. The largest absolute Gasteiger partial charge is 0.494 e. The molecule has 0 spiro atoms. The van der Waals surface area contributed by atoms with Gasteiger partial charge in [-0.1, -0.05) is 48.9 Å². The highest BCUT2D eigenvalue weighted by atomic mass is 16.5. The number of aromatic nitrogens is 1. The number of methoxy groups -OCH3 is 2. The van der Waals surface area contributed by atoms with E-state index in [0.29, 0.717) is 34.9 Å². The fourth-order valence-electron chi connectivity index (χ4n) is 5.41. The van der Waals surface area contributed by atoms with Crippen molar-refractivity contribution in [2.24, 2.45) is 4.99 Å². The molecule has 6 heteroatoms. The van der Waals surface area contributed by atoms with E-state index in [4.69, 9.17) is 14.5 Å². The first-order valence-corrected chi connectivity index (χ1v) is 12.9. The van der Waals surface area contributed by atoms with Crippen LogP contribution in [0.15, 0.2) is 71.7 Å². The van der Waals surface area contributed by atoms with Crippen molar-refractivity contribution in [2.45, 2.75) is 51.7 Å². The molecular formula is C31H35N3O3. The van der Waals surface area contributed by atoms with E-state index in [1.54, 1.807) is 14.2 Å². The lowest BCUT2D eigenvalue weighted by Crippen LogP contribution is -2.42. The average molecular weight is 498 g/mol. The standard InChI is InChI=1S/C31H35N3O3/c1-20-9-8-10-21(2)34(20)19-22-13-15-24(16-14-22)32-30(23-11-6-5-7-12-23)29-25-17-27(36-3)28(37-4)18-26(25)33-31(29)35/h5-7,11-18,20-21,33,35H,8-10,19H2,1-4H3. The summed E-state index contributed by atoms with van der Waals surface area (Å²) in [5.74, 6) is 1.24. The number of hydrogen-bond acceptors (Lipinski definition) is 5. The van der Waals surface area contributed by atoms with E-state index in [0.717, 1.165) is 28.7 Å². The van der Waals surface area contributed by atoms with E-state index in [-0.39, 0.29) is 5.88 Å². The highest BCUT2D eigenvalue weighted by Gasteiger charge is 2.25. The van der Waals surface area contributed by atoms with Crippen molar-refractivity contribution in [2.75, 3.05) is 14.2 Å². The van der Waals surface area contributed by atoms with Crippen LogP contribution in [0.2, 0.25) is 0 Å². The number of hydrogen-bond donors (Lipinski definition) is 2. The molecule has 37 heavy (non-hydrogen) atoms. The van der Waals surface area contributed by atoms with Crippen molar-refractivity contribution in [3.8, 4) is 17.4 Å². The van der Waals surface area contributed by atoms with Crippen LogP contribution in [0, 0.1) is 0 Å². The molecule has 0 aliphatic carbocycles. The maximum atomic E-state index is 11.0. The summed E-state index contributed by atoms with van der Waals surface area (Å²) in [7, 11) is 3.20. The summed E-state index contributed by atoms with van der Waals surface area (Å²) in [4.78, 5) is 10.7. The van der Waals surface area contributed by atoms with Gasteiger partial charge in [-0.3, -0.25) is 4.90 Å². The van der Waals surface area contributed by atoms with Gasteiger partial charge in [-0.25, -0.2) is 4.99 Å². The molecule has 2 atom stereocenters. The monoisotopic (exact) mass is 497 g/mol. The number of nitrogens with zero attached hydrogens (tertiary/aromatic N) is 2. The van der Waals surface area contributed by atoms with Crippen LogP contribution in [-0.4, -0.2) is 47.0 Å². The molecule has 2 N–H and O–H groups in total. The maximum absolute atomic E-state index is 11.0. The first-order chi connectivity index (χ1) is 18.0. The predicted molar refractivity (Wildman–Crippen MR) is 150 cm³/mol. The van der Waals surface area contributed by atoms with Gasteiger partial charge in [0.25, 0.3) is 0 Å². The minimum atomic E-state index is 0.0533. The number of likely N-dealkylation sites (tertiary alicyclic amines) is 1. The highest BCUT2D eigenvalue weighted by Crippen LogP contribution is 2.38. The maximum Gasteiger partial charge on any atom is 0.199 e. The Labute approximate surface area is 218 Å². The Balaban J connectivity index is 1.55. The van der Waals surface area contributed by atoms with Crippen LogP contribution in [0.3, 0.4) is 0 Å². The fourth-order valence-corrected chi connectivity index (χ4v) is 5.41. The third kappa shape index (κ3) is 5.07. The van der Waals surface area contributed by atoms with Crippen molar-refractivity contribution < 1.29 is 14.6 Å². The SMILES string of the molecule is COc1cc2[nH]c(O)c(C(=Nc3ccc(CN4C(C)CCCC4C)cc3)c3ccccc3)c2cc1OC. The Kier molecular flexibility index (Phi) is 7.19. The molecule has 192 valence electrons. The van der Waals surface area contributed by atoms with Crippen LogP contribution < -0.4 is 9.47 Å². The van der Waals surface area contributed by atoms with Crippen molar-refractivity contribution >= 4 is 22.3 Å². The van der Waals surface area contributed by atoms with Gasteiger partial charge in [0, 0.05) is 35.6 Å². The molecule has 1 fully saturated rings. The summed E-state index contributed by atoms with van der Waals surface area (Å²) in [6.07, 6.45) is 3.84. The molecule has 1 aliphatic heterocycles. The zero-order valence-electron chi connectivity index (χ0n) is 22.0. The minimum Gasteiger partial charge on any atom is -0.494 e. The van der Waals surface area contributed by atoms with Crippen LogP contribution in [0.5, 0.6) is 17.4 Å². The van der Waals surface area contributed by atoms with Gasteiger partial charge in [0.15, 0.2) is 17.4 Å². The van der Waals surface area contributed by atoms with Crippen molar-refractivity contribution in [1.82, 2.24) is 9.88 Å². The van der Waals surface area contributed by atoms with Crippen LogP contribution in [-0.2, 0) is 6.54 Å². The third-order valence-electron chi connectivity index (χ3n) is 7.49. The molecule has 0 bridgehead atoms. The number of nitrogens with one attached hydrogen (secondary N) is 1. The van der Waals surface area contributed by atoms with Crippen LogP contribution in [0.1, 0.15) is 49.8 Å². The molecule has 3 aromatic carbocycles. The van der Waals surface area contributed by atoms with E-state index in [1.807, 2.05) is 42.5 Å². The predicted octanol–water partition coefficient (Wildman–Crippen LogP) is 6.82. The highest BCUT2D eigenvalue weighted by molar-refractivity contribution is 6.22. The summed E-state index contributed by atoms with van der Waals surface area (Å²) in [5, 5.41) is 11.8. The number of ether oxygens (including phenoxy) is 2. The molecule has 5 rings (SSSR count). The summed E-state index contributed by atoms with van der Waals surface area (Å²) in [6, 6.07) is 23.3. The lowest BCUT2D eigenvalue weighted by molar-refractivity contribution is 0.0953. The van der Waals surface area contributed by atoms with E-state index < -0.39 is 0 Å². The van der Waals surface area contributed by atoms with Crippen LogP contribution >= 0.6 is 0 Å². The van der Waals surface area contributed by atoms with Crippen molar-refractivity contribution in [1.29, 1.82) is 0 Å². The smallest absolute Gasteiger partial charge is 0.199 e. The van der Waals surface area contributed by atoms with Gasteiger partial charge in [-0.2, -0.15) is 0 Å². The Morgan fingerprint density at radius 1 is 0.946 bits per heavy atom. The molecule has 0 amide bonds. The first kappa shape index (κ1) is 24.9. The lowest BCUT2D eigenvalue weighted by Gasteiger charge is -2.39. The van der Waals surface area contributed by atoms with E-state index in [9.17, 15) is 5.11 Å². The second-order valence-corrected chi connectivity index (χ2v) is 9.90. The minimum absolute atomic E-state index is 0.0533. The molecule has 6 nitrogen and oxygen atoms in total. The van der Waals surface area contributed by atoms with E-state index in [2.05, 4.69) is 48.0 Å². The molecule has 0 saturated carbocycles. The molecule has 4 aromatic rings. The van der Waals surface area contributed by atoms with Crippen molar-refractivity contribution in [3.05, 3.63) is 83.4 Å². The second-order valence-electron chi connectivity index (χ2n) is 9.90. The molecule has 1 saturated heterocycles. The fraction of sp³-hybridized carbons (Fsp3) is 0.323. The number of aromatic hydroxyl groups is 1. The van der Waals surface area contributed by atoms with Gasteiger partial charge < -0.3 is 19.6 Å². The zero-order chi connectivity index (χ0) is 25.9. The van der Waals surface area contributed by atoms with Gasteiger partial charge in [0.2, 0.25) is 0 Å². The molecule has 1 aromatic heterocycles. The number of fused-ring (bicyclic) bond motifs is 1. The topological polar surface area (TPSA) is 70.1 Å². The number of piperidine rings is 1. The first-order valence-electron chi connectivity index (χ1n) is 12.9. The summed E-state index contributed by atoms with van der Waals surface area (Å²) in [5.41, 5.74) is 5.08. The molecule has 0 radical (unpaired) electrons. The summed E-state index contributed by atoms with van der Waals surface area (Å²) in [6.45, 7) is 5.61. The van der Waals surface area contributed by atoms with Gasteiger partial charge in [-0.05, 0) is 50.5 Å². The normalized spacial score (nSPS) is 18.8. The zero-order valence-corrected chi connectivity index (χ0v) is 22.0. The van der Waals surface area contributed by atoms with Crippen LogP contribution in [0.4, 0.5) is 5.69 Å². The average Bonchev–Trinajstić information content (AvgIpc) is 3.24. The molecular weight excluding hydrogens is 462 g/mol. The summed E-state index contributed by atoms with van der Waals surface area (Å²) < 4.78 is 11.0. The summed E-state index contributed by atoms with van der Waals surface area (Å²) >= 11 is 0. The second kappa shape index (κ2) is 10.7. The Bertz CT molecular complexity index is 1380. The number of aromatic amines is 1. The van der Waals surface area contributed by atoms with Gasteiger partial charge >= 0.3 is 0 Å². The van der Waals surface area contributed by atoms with Crippen LogP contribution in [0.25, 0.3) is 10.9 Å². The van der Waals surface area contributed by atoms with E-state index in [1.165, 1.54) is 24.8 Å².